The molecule has 1 atom stereocenters. The van der Waals surface area contributed by atoms with Crippen LogP contribution in [-0.2, 0) is 11.5 Å². The second kappa shape index (κ2) is 4.98. The molecule has 0 saturated carbocycles. The fourth-order valence-electron chi connectivity index (χ4n) is 1.17. The summed E-state index contributed by atoms with van der Waals surface area (Å²) in [5.74, 6) is 0. The number of aromatic nitrogens is 1. The zero-order chi connectivity index (χ0) is 11.4. The van der Waals surface area contributed by atoms with Crippen molar-refractivity contribution < 1.29 is 4.74 Å². The summed E-state index contributed by atoms with van der Waals surface area (Å²) in [6.45, 7) is 6.10. The Morgan fingerprint density at radius 1 is 1.53 bits per heavy atom. The maximum atomic E-state index is 11.5. The molecule has 0 aliphatic carbocycles. The molecule has 4 heteroatoms. The number of nitrogens with zero attached hydrogens (tertiary/aromatic N) is 1. The van der Waals surface area contributed by atoms with Crippen LogP contribution in [0.1, 0.15) is 26.0 Å². The first kappa shape index (κ1) is 11.8. The minimum absolute atomic E-state index is 0.0787. The molecule has 0 amide bonds. The highest BCUT2D eigenvalue weighted by atomic mass is 16.5. The van der Waals surface area contributed by atoms with Crippen molar-refractivity contribution in [3.63, 3.8) is 0 Å². The Hall–Kier alpha value is -1.29. The van der Waals surface area contributed by atoms with Gasteiger partial charge in [0, 0.05) is 11.8 Å². The van der Waals surface area contributed by atoms with Crippen LogP contribution >= 0.6 is 0 Å². The van der Waals surface area contributed by atoms with Crippen LogP contribution in [0.25, 0.3) is 0 Å². The Morgan fingerprint density at radius 2 is 2.20 bits per heavy atom. The maximum absolute atomic E-state index is 11.5. The van der Waals surface area contributed by atoms with Gasteiger partial charge in [-0.1, -0.05) is 6.92 Å². The van der Waals surface area contributed by atoms with Gasteiger partial charge in [0.1, 0.15) is 6.73 Å². The van der Waals surface area contributed by atoms with Crippen LogP contribution < -0.4 is 11.3 Å². The molecule has 1 aromatic heterocycles. The molecule has 1 aromatic rings. The standard InChI is InChI=1S/C11H18N2O2/c1-4-8(2)15-7-13-9(3)10(12)5-6-11(13)14/h5-6,8H,4,7,12H2,1-3H3. The van der Waals surface area contributed by atoms with Gasteiger partial charge < -0.3 is 10.5 Å². The van der Waals surface area contributed by atoms with Crippen LogP contribution in [0, 0.1) is 6.92 Å². The predicted octanol–water partition coefficient (Wildman–Crippen LogP) is 1.51. The van der Waals surface area contributed by atoms with E-state index in [0.717, 1.165) is 12.1 Å². The average Bonchev–Trinajstić information content (AvgIpc) is 2.23. The van der Waals surface area contributed by atoms with E-state index in [1.807, 2.05) is 20.8 Å². The number of hydrogen-bond donors (Lipinski definition) is 1. The molecule has 1 unspecified atom stereocenters. The summed E-state index contributed by atoms with van der Waals surface area (Å²) >= 11 is 0. The zero-order valence-corrected chi connectivity index (χ0v) is 9.49. The first-order chi connectivity index (χ1) is 7.06. The molecule has 0 fully saturated rings. The lowest BCUT2D eigenvalue weighted by atomic mass is 10.3. The van der Waals surface area contributed by atoms with Gasteiger partial charge in [-0.15, -0.1) is 0 Å². The predicted molar refractivity (Wildman–Crippen MR) is 60.7 cm³/mol. The molecule has 0 saturated heterocycles. The van der Waals surface area contributed by atoms with Crippen LogP contribution in [-0.4, -0.2) is 10.7 Å². The van der Waals surface area contributed by atoms with Gasteiger partial charge in [-0.25, -0.2) is 0 Å². The number of pyridine rings is 1. The summed E-state index contributed by atoms with van der Waals surface area (Å²) in [4.78, 5) is 11.5. The molecule has 0 aliphatic heterocycles. The number of anilines is 1. The molecular formula is C11H18N2O2. The molecule has 4 nitrogen and oxygen atoms in total. The number of hydrogen-bond acceptors (Lipinski definition) is 3. The second-order valence-corrected chi connectivity index (χ2v) is 3.65. The van der Waals surface area contributed by atoms with E-state index in [9.17, 15) is 4.79 Å². The maximum Gasteiger partial charge on any atom is 0.252 e. The number of rotatable bonds is 4. The van der Waals surface area contributed by atoms with E-state index >= 15 is 0 Å². The molecule has 0 spiro atoms. The van der Waals surface area contributed by atoms with Crippen LogP contribution in [0.4, 0.5) is 5.69 Å². The fourth-order valence-corrected chi connectivity index (χ4v) is 1.17. The van der Waals surface area contributed by atoms with Crippen LogP contribution in [0.15, 0.2) is 16.9 Å². The van der Waals surface area contributed by atoms with E-state index in [4.69, 9.17) is 10.5 Å². The molecule has 2 N–H and O–H groups in total. The highest BCUT2D eigenvalue weighted by Gasteiger charge is 2.05. The molecule has 0 aromatic carbocycles. The quantitative estimate of drug-likeness (QED) is 0.819. The Balaban J connectivity index is 2.85. The topological polar surface area (TPSA) is 57.2 Å². The fraction of sp³-hybridized carbons (Fsp3) is 0.545. The summed E-state index contributed by atoms with van der Waals surface area (Å²) in [5.41, 5.74) is 7.00. The summed E-state index contributed by atoms with van der Waals surface area (Å²) in [7, 11) is 0. The van der Waals surface area contributed by atoms with Crippen LogP contribution in [0.3, 0.4) is 0 Å². The number of ether oxygens (including phenoxy) is 1. The molecule has 0 radical (unpaired) electrons. The highest BCUT2D eigenvalue weighted by Crippen LogP contribution is 2.07. The minimum Gasteiger partial charge on any atom is -0.397 e. The van der Waals surface area contributed by atoms with Gasteiger partial charge in [0.2, 0.25) is 0 Å². The molecule has 1 heterocycles. The van der Waals surface area contributed by atoms with Gasteiger partial charge in [0.05, 0.1) is 11.8 Å². The van der Waals surface area contributed by atoms with Gasteiger partial charge in [-0.3, -0.25) is 9.36 Å². The first-order valence-electron chi connectivity index (χ1n) is 5.13. The lowest BCUT2D eigenvalue weighted by Crippen LogP contribution is -2.25. The van der Waals surface area contributed by atoms with Gasteiger partial charge in [-0.2, -0.15) is 0 Å². The van der Waals surface area contributed by atoms with Crippen molar-refractivity contribution in [2.45, 2.75) is 40.0 Å². The molecule has 0 bridgehead atoms. The molecule has 0 aliphatic rings. The van der Waals surface area contributed by atoms with E-state index in [1.165, 1.54) is 6.07 Å². The highest BCUT2D eigenvalue weighted by molar-refractivity contribution is 5.41. The SMILES string of the molecule is CCC(C)OCn1c(C)c(N)ccc1=O. The smallest absolute Gasteiger partial charge is 0.252 e. The van der Waals surface area contributed by atoms with Crippen molar-refractivity contribution in [3.8, 4) is 0 Å². The lowest BCUT2D eigenvalue weighted by Gasteiger charge is -2.15. The van der Waals surface area contributed by atoms with Crippen LogP contribution in [0.2, 0.25) is 0 Å². The monoisotopic (exact) mass is 210 g/mol. The lowest BCUT2D eigenvalue weighted by molar-refractivity contribution is 0.0134. The van der Waals surface area contributed by atoms with Crippen molar-refractivity contribution in [1.82, 2.24) is 4.57 Å². The zero-order valence-electron chi connectivity index (χ0n) is 9.49. The third-order valence-corrected chi connectivity index (χ3v) is 2.56. The third kappa shape index (κ3) is 2.83. The summed E-state index contributed by atoms with van der Waals surface area (Å²) in [5, 5.41) is 0. The minimum atomic E-state index is -0.0787. The summed E-state index contributed by atoms with van der Waals surface area (Å²) in [6, 6.07) is 3.08. The van der Waals surface area contributed by atoms with Gasteiger partial charge >= 0.3 is 0 Å². The Kier molecular flexibility index (Phi) is 3.91. The Bertz CT molecular complexity index is 385. The van der Waals surface area contributed by atoms with E-state index in [1.54, 1.807) is 10.6 Å². The summed E-state index contributed by atoms with van der Waals surface area (Å²) < 4.78 is 7.04. The van der Waals surface area contributed by atoms with Crippen molar-refractivity contribution in [1.29, 1.82) is 0 Å². The molecule has 1 rings (SSSR count). The van der Waals surface area contributed by atoms with Gasteiger partial charge in [0.15, 0.2) is 0 Å². The van der Waals surface area contributed by atoms with E-state index < -0.39 is 0 Å². The van der Waals surface area contributed by atoms with Crippen molar-refractivity contribution in [2.24, 2.45) is 0 Å². The second-order valence-electron chi connectivity index (χ2n) is 3.65. The molecule has 15 heavy (non-hydrogen) atoms. The third-order valence-electron chi connectivity index (χ3n) is 2.56. The number of nitrogens with two attached hydrogens (primary N) is 1. The van der Waals surface area contributed by atoms with E-state index in [0.29, 0.717) is 5.69 Å². The average molecular weight is 210 g/mol. The normalized spacial score (nSPS) is 12.7. The van der Waals surface area contributed by atoms with E-state index in [2.05, 4.69) is 0 Å². The van der Waals surface area contributed by atoms with Crippen molar-refractivity contribution in [2.75, 3.05) is 5.73 Å². The van der Waals surface area contributed by atoms with Gasteiger partial charge in [0.25, 0.3) is 5.56 Å². The molecule has 84 valence electrons. The largest absolute Gasteiger partial charge is 0.397 e. The number of nitrogen functional groups attached to an aromatic ring is 1. The van der Waals surface area contributed by atoms with Crippen molar-refractivity contribution >= 4 is 5.69 Å². The Morgan fingerprint density at radius 3 is 2.80 bits per heavy atom. The van der Waals surface area contributed by atoms with Gasteiger partial charge in [-0.05, 0) is 26.3 Å². The first-order valence-corrected chi connectivity index (χ1v) is 5.13. The molecular weight excluding hydrogens is 192 g/mol. The van der Waals surface area contributed by atoms with E-state index in [-0.39, 0.29) is 18.4 Å². The summed E-state index contributed by atoms with van der Waals surface area (Å²) in [6.07, 6.45) is 1.08. The Labute approximate surface area is 89.7 Å². The van der Waals surface area contributed by atoms with Crippen LogP contribution in [0.5, 0.6) is 0 Å². The van der Waals surface area contributed by atoms with Crippen molar-refractivity contribution in [3.05, 3.63) is 28.2 Å².